The molecule has 0 amide bonds. The van der Waals surface area contributed by atoms with Crippen LogP contribution in [-0.4, -0.2) is 36.6 Å². The molecule has 5 rings (SSSR count). The van der Waals surface area contributed by atoms with Gasteiger partial charge in [0.25, 0.3) is 10.0 Å². The second-order valence-corrected chi connectivity index (χ2v) is 12.4. The molecule has 0 aliphatic carbocycles. The van der Waals surface area contributed by atoms with Crippen molar-refractivity contribution in [3.63, 3.8) is 0 Å². The first kappa shape index (κ1) is 28.1. The van der Waals surface area contributed by atoms with Crippen molar-refractivity contribution in [3.8, 4) is 0 Å². The molecule has 1 unspecified atom stereocenters. The first-order chi connectivity index (χ1) is 19.3. The van der Waals surface area contributed by atoms with Crippen molar-refractivity contribution in [2.45, 2.75) is 16.6 Å². The highest BCUT2D eigenvalue weighted by molar-refractivity contribution is 8.15. The Labute approximate surface area is 247 Å². The molecule has 0 aromatic heterocycles. The molecule has 0 bridgehead atoms. The molecule has 1 atom stereocenters. The predicted octanol–water partition coefficient (Wildman–Crippen LogP) is 7.49. The van der Waals surface area contributed by atoms with Crippen molar-refractivity contribution in [2.75, 3.05) is 6.54 Å². The molecule has 1 aliphatic heterocycles. The number of nitrogens with one attached hydrogen (secondary N) is 1. The first-order valence-electron chi connectivity index (χ1n) is 12.3. The maximum Gasteiger partial charge on any atom is 0.284 e. The van der Waals surface area contributed by atoms with Gasteiger partial charge in [-0.3, -0.25) is 5.41 Å². The maximum atomic E-state index is 13.4. The van der Waals surface area contributed by atoms with Gasteiger partial charge in [0, 0.05) is 21.7 Å². The zero-order valence-corrected chi connectivity index (χ0v) is 24.3. The van der Waals surface area contributed by atoms with Crippen molar-refractivity contribution >= 4 is 61.6 Å². The van der Waals surface area contributed by atoms with Gasteiger partial charge in [0.15, 0.2) is 5.84 Å². The number of hydrogen-bond donors (Lipinski definition) is 1. The van der Waals surface area contributed by atoms with Crippen molar-refractivity contribution in [2.24, 2.45) is 9.50 Å². The van der Waals surface area contributed by atoms with E-state index >= 15 is 0 Å². The van der Waals surface area contributed by atoms with Crippen LogP contribution in [0, 0.1) is 5.41 Å². The minimum absolute atomic E-state index is 0.00527. The normalized spacial score (nSPS) is 15.7. The molecule has 0 spiro atoms. The monoisotopic (exact) mass is 606 g/mol. The Morgan fingerprint density at radius 3 is 2.08 bits per heavy atom. The van der Waals surface area contributed by atoms with E-state index in [1.165, 1.54) is 41.0 Å². The number of sulfonamides is 1. The van der Waals surface area contributed by atoms with E-state index in [0.29, 0.717) is 22.3 Å². The molecule has 0 saturated heterocycles. The van der Waals surface area contributed by atoms with Crippen molar-refractivity contribution in [3.05, 3.63) is 136 Å². The Morgan fingerprint density at radius 1 is 0.875 bits per heavy atom. The summed E-state index contributed by atoms with van der Waals surface area (Å²) in [6.07, 6.45) is 0. The summed E-state index contributed by atoms with van der Waals surface area (Å²) < 4.78 is 31.0. The van der Waals surface area contributed by atoms with Crippen LogP contribution in [0.5, 0.6) is 0 Å². The molecular formula is C30H24Cl2N4O2S2. The van der Waals surface area contributed by atoms with Gasteiger partial charge in [0.2, 0.25) is 0 Å². The molecule has 4 aromatic rings. The summed E-state index contributed by atoms with van der Waals surface area (Å²) in [5.74, 6) is 0.252. The van der Waals surface area contributed by atoms with Gasteiger partial charge in [0.1, 0.15) is 5.04 Å². The van der Waals surface area contributed by atoms with Crippen LogP contribution in [0.3, 0.4) is 0 Å². The summed E-state index contributed by atoms with van der Waals surface area (Å²) in [6, 6.07) is 32.7. The quantitative estimate of drug-likeness (QED) is 0.182. The van der Waals surface area contributed by atoms with Gasteiger partial charge in [-0.25, -0.2) is 5.01 Å². The van der Waals surface area contributed by atoms with Crippen LogP contribution < -0.4 is 0 Å². The van der Waals surface area contributed by atoms with E-state index in [9.17, 15) is 8.42 Å². The lowest BCUT2D eigenvalue weighted by atomic mass is 9.91. The number of thioether (sulfide) groups is 1. The zero-order chi connectivity index (χ0) is 28.1. The fourth-order valence-electron chi connectivity index (χ4n) is 4.24. The summed E-state index contributed by atoms with van der Waals surface area (Å²) >= 11 is 13.3. The number of hydrazone groups is 1. The van der Waals surface area contributed by atoms with Gasteiger partial charge in [-0.1, -0.05) is 108 Å². The molecule has 40 heavy (non-hydrogen) atoms. The third-order valence-electron chi connectivity index (χ3n) is 6.25. The molecule has 1 heterocycles. The van der Waals surface area contributed by atoms with Crippen LogP contribution in [0.2, 0.25) is 10.0 Å². The van der Waals surface area contributed by atoms with E-state index in [1.807, 2.05) is 72.8 Å². The number of amidine groups is 1. The van der Waals surface area contributed by atoms with Crippen LogP contribution in [0.15, 0.2) is 124 Å². The Bertz CT molecular complexity index is 1660. The third-order valence-corrected chi connectivity index (χ3v) is 8.98. The van der Waals surface area contributed by atoms with Crippen molar-refractivity contribution in [1.29, 1.82) is 5.41 Å². The van der Waals surface area contributed by atoms with Gasteiger partial charge in [-0.2, -0.15) is 13.5 Å². The Balaban J connectivity index is 1.56. The zero-order valence-electron chi connectivity index (χ0n) is 21.1. The van der Waals surface area contributed by atoms with Crippen LogP contribution >= 0.6 is 35.0 Å². The maximum absolute atomic E-state index is 13.4. The van der Waals surface area contributed by atoms with Gasteiger partial charge in [0.05, 0.1) is 17.2 Å². The molecule has 0 fully saturated rings. The fourth-order valence-corrected chi connectivity index (χ4v) is 6.33. The minimum atomic E-state index is -4.16. The summed E-state index contributed by atoms with van der Waals surface area (Å²) in [4.78, 5) is -0.0176. The van der Waals surface area contributed by atoms with Crippen LogP contribution in [0.4, 0.5) is 0 Å². The molecule has 1 aliphatic rings. The minimum Gasteiger partial charge on any atom is -0.291 e. The summed E-state index contributed by atoms with van der Waals surface area (Å²) in [5, 5.41) is 16.3. The smallest absolute Gasteiger partial charge is 0.284 e. The summed E-state index contributed by atoms with van der Waals surface area (Å²) in [5.41, 5.74) is 3.61. The highest BCUT2D eigenvalue weighted by atomic mass is 35.5. The Hall–Kier alpha value is -3.43. The number of hydrogen-bond acceptors (Lipinski definition) is 5. The van der Waals surface area contributed by atoms with E-state index in [4.69, 9.17) is 33.7 Å². The van der Waals surface area contributed by atoms with Crippen LogP contribution in [0.1, 0.15) is 22.6 Å². The molecule has 1 N–H and O–H groups in total. The number of halogens is 2. The average molecular weight is 608 g/mol. The highest BCUT2D eigenvalue weighted by Gasteiger charge is 2.34. The molecule has 202 valence electrons. The number of rotatable bonds is 6. The van der Waals surface area contributed by atoms with E-state index < -0.39 is 10.0 Å². The molecule has 0 saturated carbocycles. The summed E-state index contributed by atoms with van der Waals surface area (Å²) in [7, 11) is -4.16. The lowest BCUT2D eigenvalue weighted by Gasteiger charge is -2.19. The van der Waals surface area contributed by atoms with E-state index in [2.05, 4.69) is 4.40 Å². The topological polar surface area (TPSA) is 85.9 Å². The van der Waals surface area contributed by atoms with E-state index in [-0.39, 0.29) is 21.7 Å². The van der Waals surface area contributed by atoms with Crippen molar-refractivity contribution in [1.82, 2.24) is 5.01 Å². The largest absolute Gasteiger partial charge is 0.291 e. The molecule has 4 aromatic carbocycles. The van der Waals surface area contributed by atoms with Crippen molar-refractivity contribution < 1.29 is 8.42 Å². The fraction of sp³-hybridized carbons (Fsp3) is 0.100. The third kappa shape index (κ3) is 6.64. The Kier molecular flexibility index (Phi) is 8.71. The molecule has 6 nitrogen and oxygen atoms in total. The second kappa shape index (κ2) is 12.4. The van der Waals surface area contributed by atoms with Gasteiger partial charge in [-0.15, -0.1) is 4.40 Å². The standard InChI is InChI=1S/C30H24Cl2N4O2S2/c31-24-13-11-23(12-14-24)28-27(22-9-5-2-6-10-22)19-36(34-28)30(29(33)39-20-21-7-3-1-4-8-21)35-40(37,38)26-17-15-25(32)16-18-26/h1-18,27,33H,19-20H2/b33-29?,35-30+. The molecule has 0 radical (unpaired) electrons. The lowest BCUT2D eigenvalue weighted by molar-refractivity contribution is 0.481. The predicted molar refractivity (Wildman–Crippen MR) is 165 cm³/mol. The first-order valence-corrected chi connectivity index (χ1v) is 15.5. The van der Waals surface area contributed by atoms with E-state index in [0.717, 1.165) is 22.4 Å². The molecule has 10 heteroatoms. The number of benzene rings is 4. The average Bonchev–Trinajstić information content (AvgIpc) is 3.41. The van der Waals surface area contributed by atoms with E-state index in [1.54, 1.807) is 12.1 Å². The van der Waals surface area contributed by atoms with Gasteiger partial charge >= 0.3 is 0 Å². The summed E-state index contributed by atoms with van der Waals surface area (Å²) in [6.45, 7) is 0.311. The van der Waals surface area contributed by atoms with Gasteiger partial charge < -0.3 is 0 Å². The Morgan fingerprint density at radius 2 is 1.45 bits per heavy atom. The highest BCUT2D eigenvalue weighted by Crippen LogP contribution is 2.31. The van der Waals surface area contributed by atoms with Gasteiger partial charge in [-0.05, 0) is 53.1 Å². The van der Waals surface area contributed by atoms with Crippen LogP contribution in [-0.2, 0) is 15.8 Å². The molecular weight excluding hydrogens is 583 g/mol. The lowest BCUT2D eigenvalue weighted by Crippen LogP contribution is -2.32. The van der Waals surface area contributed by atoms with Crippen LogP contribution in [0.25, 0.3) is 0 Å². The SMILES string of the molecule is N=C(SCc1ccccc1)/C(=N\S(=O)(=O)c1ccc(Cl)cc1)N1CC(c2ccccc2)C(c2ccc(Cl)cc2)=N1. The number of nitrogens with zero attached hydrogens (tertiary/aromatic N) is 3. The second-order valence-electron chi connectivity index (χ2n) is 8.98.